The first-order valence-corrected chi connectivity index (χ1v) is 13.7. The Bertz CT molecular complexity index is 1360. The predicted molar refractivity (Wildman–Crippen MR) is 151 cm³/mol. The molecule has 0 N–H and O–H groups in total. The van der Waals surface area contributed by atoms with Crippen LogP contribution >= 0.6 is 0 Å². The van der Waals surface area contributed by atoms with Gasteiger partial charge in [0.25, 0.3) is 0 Å². The minimum atomic E-state index is -0.333. The van der Waals surface area contributed by atoms with E-state index in [1.165, 1.54) is 6.33 Å². The highest BCUT2D eigenvalue weighted by Gasteiger charge is 2.33. The standard InChI is InChI=1S/C28H33N7O5/c1-2-38-23-6-4-3-5-22(23)32-13-15-34(16-14-32)28-26(35(36)37)27(29-19-30-28)33-11-9-31(10-12-33)18-21-7-8-24-25(17-21)40-20-39-24/h3-8,17,19H,2,9-16,18,20H2,1H3. The third-order valence-electron chi connectivity index (χ3n) is 7.57. The van der Waals surface area contributed by atoms with Crippen LogP contribution in [0.25, 0.3) is 0 Å². The molecule has 0 bridgehead atoms. The van der Waals surface area contributed by atoms with E-state index in [4.69, 9.17) is 14.2 Å². The van der Waals surface area contributed by atoms with Crippen LogP contribution in [0.3, 0.4) is 0 Å². The zero-order valence-electron chi connectivity index (χ0n) is 22.6. The summed E-state index contributed by atoms with van der Waals surface area (Å²) in [7, 11) is 0. The number of nitrogens with zero attached hydrogens (tertiary/aromatic N) is 7. The van der Waals surface area contributed by atoms with Gasteiger partial charge < -0.3 is 28.9 Å². The summed E-state index contributed by atoms with van der Waals surface area (Å²) < 4.78 is 16.7. The molecule has 0 amide bonds. The molecule has 3 aliphatic rings. The predicted octanol–water partition coefficient (Wildman–Crippen LogP) is 3.16. The van der Waals surface area contributed by atoms with Gasteiger partial charge in [-0.3, -0.25) is 15.0 Å². The Kier molecular flexibility index (Phi) is 7.41. The van der Waals surface area contributed by atoms with Gasteiger partial charge in [0.1, 0.15) is 12.1 Å². The van der Waals surface area contributed by atoms with Crippen molar-refractivity contribution in [1.29, 1.82) is 0 Å². The molecule has 3 aliphatic heterocycles. The number of ether oxygens (including phenoxy) is 3. The van der Waals surface area contributed by atoms with Crippen LogP contribution in [0.5, 0.6) is 17.2 Å². The third kappa shape index (κ3) is 5.26. The molecule has 2 fully saturated rings. The molecule has 3 aromatic rings. The van der Waals surface area contributed by atoms with E-state index >= 15 is 0 Å². The van der Waals surface area contributed by atoms with E-state index in [-0.39, 0.29) is 17.4 Å². The number of nitro groups is 1. The van der Waals surface area contributed by atoms with E-state index in [2.05, 4.69) is 31.9 Å². The van der Waals surface area contributed by atoms with Crippen LogP contribution < -0.4 is 28.9 Å². The summed E-state index contributed by atoms with van der Waals surface area (Å²) in [5, 5.41) is 12.3. The van der Waals surface area contributed by atoms with Crippen molar-refractivity contribution in [3.63, 3.8) is 0 Å². The fraction of sp³-hybridized carbons (Fsp3) is 0.429. The first-order valence-electron chi connectivity index (χ1n) is 13.7. The van der Waals surface area contributed by atoms with E-state index in [1.807, 2.05) is 47.1 Å². The number of piperazine rings is 2. The van der Waals surface area contributed by atoms with Gasteiger partial charge in [-0.25, -0.2) is 9.97 Å². The lowest BCUT2D eigenvalue weighted by atomic mass is 10.1. The highest BCUT2D eigenvalue weighted by Crippen LogP contribution is 2.37. The van der Waals surface area contributed by atoms with Gasteiger partial charge in [-0.15, -0.1) is 0 Å². The Balaban J connectivity index is 1.12. The highest BCUT2D eigenvalue weighted by molar-refractivity contribution is 5.72. The summed E-state index contributed by atoms with van der Waals surface area (Å²) >= 11 is 0. The van der Waals surface area contributed by atoms with E-state index < -0.39 is 0 Å². The van der Waals surface area contributed by atoms with E-state index in [0.29, 0.717) is 57.5 Å². The Labute approximate surface area is 232 Å². The second-order valence-corrected chi connectivity index (χ2v) is 9.95. The zero-order chi connectivity index (χ0) is 27.5. The van der Waals surface area contributed by atoms with E-state index in [9.17, 15) is 10.1 Å². The number of aromatic nitrogens is 2. The number of para-hydroxylation sites is 2. The molecule has 0 spiro atoms. The van der Waals surface area contributed by atoms with Crippen LogP contribution in [0.4, 0.5) is 23.0 Å². The van der Waals surface area contributed by atoms with E-state index in [1.54, 1.807) is 0 Å². The second-order valence-electron chi connectivity index (χ2n) is 9.95. The lowest BCUT2D eigenvalue weighted by Gasteiger charge is -2.38. The Morgan fingerprint density at radius 1 is 0.875 bits per heavy atom. The van der Waals surface area contributed by atoms with Gasteiger partial charge in [-0.2, -0.15) is 0 Å². The van der Waals surface area contributed by atoms with Crippen LogP contribution in [0.2, 0.25) is 0 Å². The topological polar surface area (TPSA) is 110 Å². The van der Waals surface area contributed by atoms with Gasteiger partial charge in [-0.05, 0) is 36.8 Å². The number of fused-ring (bicyclic) bond motifs is 1. The lowest BCUT2D eigenvalue weighted by molar-refractivity contribution is -0.383. The van der Waals surface area contributed by atoms with Gasteiger partial charge in [0, 0.05) is 58.9 Å². The van der Waals surface area contributed by atoms with Crippen LogP contribution in [0.1, 0.15) is 12.5 Å². The molecule has 0 saturated carbocycles. The normalized spacial score (nSPS) is 17.3. The average Bonchev–Trinajstić information content (AvgIpc) is 3.46. The summed E-state index contributed by atoms with van der Waals surface area (Å²) in [5.74, 6) is 3.18. The lowest BCUT2D eigenvalue weighted by Crippen LogP contribution is -2.48. The molecule has 0 atom stereocenters. The maximum atomic E-state index is 12.3. The molecular weight excluding hydrogens is 514 g/mol. The van der Waals surface area contributed by atoms with Gasteiger partial charge in [0.15, 0.2) is 11.5 Å². The Hall–Kier alpha value is -4.32. The fourth-order valence-corrected chi connectivity index (χ4v) is 5.56. The number of hydrogen-bond acceptors (Lipinski definition) is 11. The highest BCUT2D eigenvalue weighted by atomic mass is 16.7. The summed E-state index contributed by atoms with van der Waals surface area (Å²) in [4.78, 5) is 29.4. The molecule has 40 heavy (non-hydrogen) atoms. The number of rotatable bonds is 8. The molecular formula is C28H33N7O5. The summed E-state index contributed by atoms with van der Waals surface area (Å²) in [6.07, 6.45) is 1.45. The maximum absolute atomic E-state index is 12.3. The van der Waals surface area contributed by atoms with Gasteiger partial charge in [0.2, 0.25) is 18.4 Å². The third-order valence-corrected chi connectivity index (χ3v) is 7.57. The summed E-state index contributed by atoms with van der Waals surface area (Å²) in [6.45, 7) is 9.06. The van der Waals surface area contributed by atoms with Gasteiger partial charge >= 0.3 is 5.69 Å². The molecule has 0 unspecified atom stereocenters. The van der Waals surface area contributed by atoms with Crippen molar-refractivity contribution in [3.05, 3.63) is 64.5 Å². The second kappa shape index (κ2) is 11.4. The maximum Gasteiger partial charge on any atom is 0.353 e. The molecule has 12 heteroatoms. The minimum Gasteiger partial charge on any atom is -0.492 e. The van der Waals surface area contributed by atoms with Crippen molar-refractivity contribution < 1.29 is 19.1 Å². The van der Waals surface area contributed by atoms with Crippen LogP contribution in [0, 0.1) is 10.1 Å². The minimum absolute atomic E-state index is 0.0186. The average molecular weight is 548 g/mol. The number of hydrogen-bond donors (Lipinski definition) is 0. The largest absolute Gasteiger partial charge is 0.492 e. The van der Waals surface area contributed by atoms with Crippen molar-refractivity contribution in [2.24, 2.45) is 0 Å². The molecule has 2 saturated heterocycles. The molecule has 4 heterocycles. The first kappa shape index (κ1) is 25.9. The first-order chi connectivity index (χ1) is 19.6. The molecule has 2 aromatic carbocycles. The van der Waals surface area contributed by atoms with E-state index in [0.717, 1.165) is 48.1 Å². The summed E-state index contributed by atoms with van der Waals surface area (Å²) in [6, 6.07) is 14.0. The van der Waals surface area contributed by atoms with Gasteiger partial charge in [0.05, 0.1) is 17.2 Å². The van der Waals surface area contributed by atoms with Crippen LogP contribution in [-0.4, -0.2) is 85.5 Å². The van der Waals surface area contributed by atoms with Gasteiger partial charge in [-0.1, -0.05) is 18.2 Å². The Morgan fingerprint density at radius 3 is 2.23 bits per heavy atom. The van der Waals surface area contributed by atoms with Crippen molar-refractivity contribution in [1.82, 2.24) is 14.9 Å². The number of anilines is 3. The monoisotopic (exact) mass is 547 g/mol. The van der Waals surface area contributed by atoms with Crippen LogP contribution in [-0.2, 0) is 6.54 Å². The number of benzene rings is 2. The van der Waals surface area contributed by atoms with Crippen molar-refractivity contribution in [3.8, 4) is 17.2 Å². The summed E-state index contributed by atoms with van der Waals surface area (Å²) in [5.41, 5.74) is 2.17. The van der Waals surface area contributed by atoms with Crippen molar-refractivity contribution >= 4 is 23.0 Å². The Morgan fingerprint density at radius 2 is 1.52 bits per heavy atom. The molecule has 0 radical (unpaired) electrons. The van der Waals surface area contributed by atoms with Crippen molar-refractivity contribution in [2.75, 3.05) is 80.5 Å². The molecule has 6 rings (SSSR count). The SMILES string of the molecule is CCOc1ccccc1N1CCN(c2ncnc(N3CCN(Cc4ccc5c(c4)OCO5)CC3)c2[N+](=O)[O-])CC1. The quantitative estimate of drug-likeness (QED) is 0.306. The molecule has 1 aromatic heterocycles. The molecule has 12 nitrogen and oxygen atoms in total. The molecule has 0 aliphatic carbocycles. The molecule has 210 valence electrons. The van der Waals surface area contributed by atoms with Crippen molar-refractivity contribution in [2.45, 2.75) is 13.5 Å². The smallest absolute Gasteiger partial charge is 0.353 e. The van der Waals surface area contributed by atoms with Crippen LogP contribution in [0.15, 0.2) is 48.8 Å². The zero-order valence-corrected chi connectivity index (χ0v) is 22.6. The fourth-order valence-electron chi connectivity index (χ4n) is 5.56.